The number of fused-ring (bicyclic) bond motifs is 1. The fourth-order valence-electron chi connectivity index (χ4n) is 2.89. The highest BCUT2D eigenvalue weighted by atomic mass is 79.9. The lowest BCUT2D eigenvalue weighted by molar-refractivity contribution is 0.102. The molecule has 4 rings (SSSR count). The molecule has 0 aliphatic rings. The number of hydrogen-bond donors (Lipinski definition) is 2. The number of aromatic nitrogens is 4. The monoisotopic (exact) mass is 462 g/mol. The van der Waals surface area contributed by atoms with Gasteiger partial charge in [0.15, 0.2) is 5.65 Å². The van der Waals surface area contributed by atoms with Gasteiger partial charge >= 0.3 is 0 Å². The molecule has 0 radical (unpaired) electrons. The molecule has 30 heavy (non-hydrogen) atoms. The van der Waals surface area contributed by atoms with E-state index in [9.17, 15) is 4.79 Å². The Labute approximate surface area is 182 Å². The molecular formula is C22H19BrN6O. The van der Waals surface area contributed by atoms with E-state index >= 15 is 0 Å². The molecule has 0 atom stereocenters. The van der Waals surface area contributed by atoms with Crippen LogP contribution in [0.1, 0.15) is 35.8 Å². The number of amides is 1. The molecule has 0 saturated carbocycles. The molecule has 0 aliphatic carbocycles. The summed E-state index contributed by atoms with van der Waals surface area (Å²) in [6.45, 7) is 4.18. The molecule has 3 heterocycles. The molecule has 0 saturated heterocycles. The van der Waals surface area contributed by atoms with Gasteiger partial charge in [-0.2, -0.15) is 0 Å². The quantitative estimate of drug-likeness (QED) is 0.417. The van der Waals surface area contributed by atoms with E-state index in [1.807, 2.05) is 30.3 Å². The summed E-state index contributed by atoms with van der Waals surface area (Å²) in [5, 5.41) is 6.87. The van der Waals surface area contributed by atoms with E-state index in [0.717, 1.165) is 21.2 Å². The van der Waals surface area contributed by atoms with Crippen molar-refractivity contribution in [3.8, 4) is 0 Å². The van der Waals surface area contributed by atoms with Crippen LogP contribution in [0, 0.1) is 0 Å². The molecule has 0 spiro atoms. The van der Waals surface area contributed by atoms with Gasteiger partial charge in [0.05, 0.1) is 5.39 Å². The molecule has 0 aliphatic heterocycles. The minimum atomic E-state index is -0.246. The second-order valence-corrected chi connectivity index (χ2v) is 7.92. The minimum absolute atomic E-state index is 0.246. The van der Waals surface area contributed by atoms with Crippen molar-refractivity contribution in [3.05, 3.63) is 76.8 Å². The van der Waals surface area contributed by atoms with E-state index in [1.165, 1.54) is 6.33 Å². The summed E-state index contributed by atoms with van der Waals surface area (Å²) in [6, 6.07) is 14.7. The standard InChI is InChI=1S/C22H19BrN6O/c1-13(2)18-8-7-17-20(25-12-26-21(17)28-18)27-16-5-3-4-14(10-16)22(30)29-19-9-6-15(23)11-24-19/h3-13H,1-2H3,(H,24,29,30)(H,25,26,27,28). The SMILES string of the molecule is CC(C)c1ccc2c(Nc3cccc(C(=O)Nc4ccc(Br)cn4)c3)ncnc2n1. The topological polar surface area (TPSA) is 92.7 Å². The summed E-state index contributed by atoms with van der Waals surface area (Å²) in [5.41, 5.74) is 2.85. The van der Waals surface area contributed by atoms with Crippen molar-refractivity contribution in [2.45, 2.75) is 19.8 Å². The summed E-state index contributed by atoms with van der Waals surface area (Å²) < 4.78 is 0.846. The Morgan fingerprint density at radius 1 is 1.03 bits per heavy atom. The van der Waals surface area contributed by atoms with Gasteiger partial charge in [0.1, 0.15) is 18.0 Å². The number of carbonyl (C=O) groups excluding carboxylic acids is 1. The lowest BCUT2D eigenvalue weighted by atomic mass is 10.1. The molecule has 0 unspecified atom stereocenters. The zero-order chi connectivity index (χ0) is 21.1. The molecule has 4 aromatic rings. The second kappa shape index (κ2) is 8.54. The van der Waals surface area contributed by atoms with Gasteiger partial charge < -0.3 is 10.6 Å². The summed E-state index contributed by atoms with van der Waals surface area (Å²) in [4.78, 5) is 30.0. The summed E-state index contributed by atoms with van der Waals surface area (Å²) in [5.74, 6) is 1.19. The Balaban J connectivity index is 1.57. The van der Waals surface area contributed by atoms with E-state index in [4.69, 9.17) is 0 Å². The maximum atomic E-state index is 12.6. The first-order valence-corrected chi connectivity index (χ1v) is 10.2. The third-order valence-corrected chi connectivity index (χ3v) is 4.94. The number of benzene rings is 1. The summed E-state index contributed by atoms with van der Waals surface area (Å²) in [6.07, 6.45) is 3.12. The number of nitrogens with zero attached hydrogens (tertiary/aromatic N) is 4. The molecule has 7 nitrogen and oxygen atoms in total. The smallest absolute Gasteiger partial charge is 0.256 e. The molecule has 1 amide bonds. The van der Waals surface area contributed by atoms with Crippen LogP contribution in [0.3, 0.4) is 0 Å². The number of hydrogen-bond acceptors (Lipinski definition) is 6. The van der Waals surface area contributed by atoms with Crippen molar-refractivity contribution in [1.82, 2.24) is 19.9 Å². The molecular weight excluding hydrogens is 444 g/mol. The number of halogens is 1. The Morgan fingerprint density at radius 3 is 2.67 bits per heavy atom. The van der Waals surface area contributed by atoms with E-state index in [-0.39, 0.29) is 5.91 Å². The Morgan fingerprint density at radius 2 is 1.90 bits per heavy atom. The van der Waals surface area contributed by atoms with Crippen LogP contribution in [0.5, 0.6) is 0 Å². The molecule has 0 fully saturated rings. The van der Waals surface area contributed by atoms with Crippen LogP contribution in [0.25, 0.3) is 11.0 Å². The van der Waals surface area contributed by atoms with E-state index in [1.54, 1.807) is 24.4 Å². The average Bonchev–Trinajstić information content (AvgIpc) is 2.75. The zero-order valence-corrected chi connectivity index (χ0v) is 18.0. The van der Waals surface area contributed by atoms with Crippen LogP contribution >= 0.6 is 15.9 Å². The number of pyridine rings is 2. The van der Waals surface area contributed by atoms with Gasteiger partial charge in [-0.1, -0.05) is 19.9 Å². The maximum Gasteiger partial charge on any atom is 0.256 e. The predicted octanol–water partition coefficient (Wildman–Crippen LogP) is 5.30. The number of carbonyl (C=O) groups is 1. The third-order valence-electron chi connectivity index (χ3n) is 4.47. The summed E-state index contributed by atoms with van der Waals surface area (Å²) in [7, 11) is 0. The second-order valence-electron chi connectivity index (χ2n) is 7.01. The van der Waals surface area contributed by atoms with E-state index in [0.29, 0.717) is 28.8 Å². The van der Waals surface area contributed by atoms with Crippen molar-refractivity contribution in [3.63, 3.8) is 0 Å². The first-order chi connectivity index (χ1) is 14.5. The maximum absolute atomic E-state index is 12.6. The van der Waals surface area contributed by atoms with E-state index in [2.05, 4.69) is 60.3 Å². The third kappa shape index (κ3) is 4.44. The van der Waals surface area contributed by atoms with Crippen LogP contribution in [-0.2, 0) is 0 Å². The lowest BCUT2D eigenvalue weighted by Crippen LogP contribution is -2.13. The zero-order valence-electron chi connectivity index (χ0n) is 16.4. The van der Waals surface area contributed by atoms with Crippen LogP contribution < -0.4 is 10.6 Å². The van der Waals surface area contributed by atoms with Gasteiger partial charge in [0.2, 0.25) is 0 Å². The number of rotatable bonds is 5. The first kappa shape index (κ1) is 19.9. The molecule has 150 valence electrons. The summed E-state index contributed by atoms with van der Waals surface area (Å²) >= 11 is 3.33. The predicted molar refractivity (Wildman–Crippen MR) is 121 cm³/mol. The van der Waals surface area contributed by atoms with Gasteiger partial charge in [0, 0.05) is 27.6 Å². The number of anilines is 3. The fourth-order valence-corrected chi connectivity index (χ4v) is 3.13. The van der Waals surface area contributed by atoms with Crippen molar-refractivity contribution in [1.29, 1.82) is 0 Å². The Hall–Kier alpha value is -3.39. The molecule has 1 aromatic carbocycles. The Kier molecular flexibility index (Phi) is 5.67. The van der Waals surface area contributed by atoms with Crippen molar-refractivity contribution in [2.24, 2.45) is 0 Å². The van der Waals surface area contributed by atoms with Gasteiger partial charge in [0.25, 0.3) is 5.91 Å². The molecule has 0 bridgehead atoms. The highest BCUT2D eigenvalue weighted by Gasteiger charge is 2.11. The highest BCUT2D eigenvalue weighted by Crippen LogP contribution is 2.24. The van der Waals surface area contributed by atoms with Gasteiger partial charge in [-0.05, 0) is 64.3 Å². The highest BCUT2D eigenvalue weighted by molar-refractivity contribution is 9.10. The van der Waals surface area contributed by atoms with Crippen LogP contribution in [0.15, 0.2) is 65.5 Å². The Bertz CT molecular complexity index is 1210. The van der Waals surface area contributed by atoms with Gasteiger partial charge in [-0.3, -0.25) is 4.79 Å². The van der Waals surface area contributed by atoms with Crippen LogP contribution in [-0.4, -0.2) is 25.8 Å². The van der Waals surface area contributed by atoms with Crippen molar-refractivity contribution in [2.75, 3.05) is 10.6 Å². The van der Waals surface area contributed by atoms with Crippen molar-refractivity contribution < 1.29 is 4.79 Å². The fraction of sp³-hybridized carbons (Fsp3) is 0.136. The lowest BCUT2D eigenvalue weighted by Gasteiger charge is -2.11. The van der Waals surface area contributed by atoms with Gasteiger partial charge in [-0.25, -0.2) is 19.9 Å². The average molecular weight is 463 g/mol. The minimum Gasteiger partial charge on any atom is -0.340 e. The normalized spacial score (nSPS) is 10.9. The van der Waals surface area contributed by atoms with Crippen molar-refractivity contribution >= 4 is 50.2 Å². The largest absolute Gasteiger partial charge is 0.340 e. The molecule has 3 aromatic heterocycles. The van der Waals surface area contributed by atoms with Crippen LogP contribution in [0.4, 0.5) is 17.3 Å². The number of nitrogens with one attached hydrogen (secondary N) is 2. The van der Waals surface area contributed by atoms with Crippen LogP contribution in [0.2, 0.25) is 0 Å². The van der Waals surface area contributed by atoms with E-state index < -0.39 is 0 Å². The first-order valence-electron chi connectivity index (χ1n) is 9.41. The molecule has 8 heteroatoms. The van der Waals surface area contributed by atoms with Gasteiger partial charge in [-0.15, -0.1) is 0 Å². The molecule has 2 N–H and O–H groups in total.